The minimum atomic E-state index is -3.41. The first kappa shape index (κ1) is 17.7. The normalized spacial score (nSPS) is 11.2. The quantitative estimate of drug-likeness (QED) is 0.788. The summed E-state index contributed by atoms with van der Waals surface area (Å²) in [4.78, 5) is 4.04. The molecule has 0 fully saturated rings. The molecule has 0 unspecified atom stereocenters. The highest BCUT2D eigenvalue weighted by molar-refractivity contribution is 7.88. The molecule has 7 nitrogen and oxygen atoms in total. The third kappa shape index (κ3) is 3.99. The van der Waals surface area contributed by atoms with Crippen molar-refractivity contribution >= 4 is 10.0 Å². The first-order valence-electron chi connectivity index (χ1n) is 7.23. The molecule has 0 saturated carbocycles. The van der Waals surface area contributed by atoms with E-state index in [0.29, 0.717) is 5.82 Å². The molecule has 8 heteroatoms. The zero-order valence-corrected chi connectivity index (χ0v) is 14.3. The molecule has 1 aromatic heterocycles. The molecule has 0 bridgehead atoms. The molecule has 0 aliphatic carbocycles. The van der Waals surface area contributed by atoms with Crippen LogP contribution in [0.2, 0.25) is 0 Å². The van der Waals surface area contributed by atoms with Crippen molar-refractivity contribution in [2.24, 2.45) is 0 Å². The molecule has 124 valence electrons. The lowest BCUT2D eigenvalue weighted by atomic mass is 10.2. The van der Waals surface area contributed by atoms with E-state index in [0.717, 1.165) is 11.8 Å². The molecular weight excluding hydrogens is 326 g/mol. The van der Waals surface area contributed by atoms with Crippen LogP contribution in [-0.4, -0.2) is 35.1 Å². The van der Waals surface area contributed by atoms with Crippen LogP contribution >= 0.6 is 0 Å². The van der Waals surface area contributed by atoms with Crippen LogP contribution in [0.1, 0.15) is 22.8 Å². The zero-order valence-electron chi connectivity index (χ0n) is 13.5. The van der Waals surface area contributed by atoms with Gasteiger partial charge in [-0.05, 0) is 12.5 Å². The van der Waals surface area contributed by atoms with Crippen molar-refractivity contribution < 1.29 is 8.42 Å². The summed E-state index contributed by atoms with van der Waals surface area (Å²) in [6, 6.07) is 13.1. The second-order valence-electron chi connectivity index (χ2n) is 5.31. The third-order valence-electron chi connectivity index (χ3n) is 3.61. The molecule has 0 spiro atoms. The van der Waals surface area contributed by atoms with Crippen LogP contribution in [0.4, 0.5) is 0 Å². The van der Waals surface area contributed by atoms with Crippen LogP contribution in [-0.2, 0) is 23.1 Å². The first-order chi connectivity index (χ1) is 11.4. The first-order valence-corrected chi connectivity index (χ1v) is 9.08. The van der Waals surface area contributed by atoms with E-state index in [1.54, 1.807) is 11.5 Å². The lowest BCUT2D eigenvalue weighted by molar-refractivity contribution is 0.388. The molecule has 0 N–H and O–H groups in total. The summed E-state index contributed by atoms with van der Waals surface area (Å²) in [6.45, 7) is 2.37. The number of aryl methyl sites for hydroxylation is 1. The summed E-state index contributed by atoms with van der Waals surface area (Å²) >= 11 is 0. The number of aromatic nitrogens is 2. The Labute approximate surface area is 141 Å². The van der Waals surface area contributed by atoms with E-state index in [4.69, 9.17) is 5.26 Å². The predicted octanol–water partition coefficient (Wildman–Crippen LogP) is 1.40. The van der Waals surface area contributed by atoms with Gasteiger partial charge in [-0.15, -0.1) is 0 Å². The van der Waals surface area contributed by atoms with Gasteiger partial charge in [0.1, 0.15) is 18.0 Å². The van der Waals surface area contributed by atoms with Crippen LogP contribution < -0.4 is 0 Å². The molecule has 0 saturated heterocycles. The standard InChI is InChI=1S/C16H17N5O2S/c1-13-19-15(10-17)16(11-18)21(13)9-8-20(24(2,22)23)12-14-6-4-3-5-7-14/h3-7H,8-9,12H2,1-2H3. The number of nitrogens with zero attached hydrogens (tertiary/aromatic N) is 5. The number of hydrogen-bond acceptors (Lipinski definition) is 5. The van der Waals surface area contributed by atoms with Crippen LogP contribution in [0.25, 0.3) is 0 Å². The fourth-order valence-corrected chi connectivity index (χ4v) is 3.19. The number of imidazole rings is 1. The zero-order chi connectivity index (χ0) is 17.7. The smallest absolute Gasteiger partial charge is 0.211 e. The van der Waals surface area contributed by atoms with E-state index in [9.17, 15) is 13.7 Å². The Morgan fingerprint density at radius 2 is 1.88 bits per heavy atom. The van der Waals surface area contributed by atoms with Crippen LogP contribution in [0.5, 0.6) is 0 Å². The van der Waals surface area contributed by atoms with Gasteiger partial charge in [0.2, 0.25) is 10.0 Å². The molecule has 0 aliphatic heterocycles. The van der Waals surface area contributed by atoms with E-state index in [1.165, 1.54) is 4.31 Å². The van der Waals surface area contributed by atoms with Gasteiger partial charge in [-0.25, -0.2) is 13.4 Å². The monoisotopic (exact) mass is 343 g/mol. The maximum Gasteiger partial charge on any atom is 0.211 e. The Balaban J connectivity index is 2.23. The number of benzene rings is 1. The largest absolute Gasteiger partial charge is 0.318 e. The minimum Gasteiger partial charge on any atom is -0.318 e. The number of rotatable bonds is 6. The van der Waals surface area contributed by atoms with E-state index in [2.05, 4.69) is 4.98 Å². The predicted molar refractivity (Wildman–Crippen MR) is 88.1 cm³/mol. The van der Waals surface area contributed by atoms with Crippen LogP contribution in [0.3, 0.4) is 0 Å². The summed E-state index contributed by atoms with van der Waals surface area (Å²) in [7, 11) is -3.41. The Morgan fingerprint density at radius 1 is 1.21 bits per heavy atom. The second-order valence-corrected chi connectivity index (χ2v) is 7.30. The summed E-state index contributed by atoms with van der Waals surface area (Å²) in [5.41, 5.74) is 1.09. The Bertz CT molecular complexity index is 904. The van der Waals surface area contributed by atoms with Crippen molar-refractivity contribution in [1.29, 1.82) is 10.5 Å². The average molecular weight is 343 g/mol. The van der Waals surface area contributed by atoms with E-state index >= 15 is 0 Å². The Kier molecular flexibility index (Phi) is 5.35. The Morgan fingerprint density at radius 3 is 2.42 bits per heavy atom. The van der Waals surface area contributed by atoms with Crippen LogP contribution in [0, 0.1) is 29.6 Å². The summed E-state index contributed by atoms with van der Waals surface area (Å²) in [6.07, 6.45) is 1.16. The van der Waals surface area contributed by atoms with Gasteiger partial charge in [0.25, 0.3) is 0 Å². The molecule has 0 amide bonds. The van der Waals surface area contributed by atoms with Crippen LogP contribution in [0.15, 0.2) is 30.3 Å². The minimum absolute atomic E-state index is 0.0592. The van der Waals surface area contributed by atoms with Crippen molar-refractivity contribution in [2.75, 3.05) is 12.8 Å². The summed E-state index contributed by atoms with van der Waals surface area (Å²) < 4.78 is 27.0. The fourth-order valence-electron chi connectivity index (χ4n) is 2.39. The average Bonchev–Trinajstić information content (AvgIpc) is 2.86. The lowest BCUT2D eigenvalue weighted by Crippen LogP contribution is -2.33. The molecule has 0 aliphatic rings. The number of sulfonamides is 1. The molecule has 2 aromatic rings. The van der Waals surface area contributed by atoms with Gasteiger partial charge >= 0.3 is 0 Å². The topological polar surface area (TPSA) is 103 Å². The van der Waals surface area contributed by atoms with Crippen molar-refractivity contribution in [3.05, 3.63) is 53.1 Å². The molecule has 2 rings (SSSR count). The summed E-state index contributed by atoms with van der Waals surface area (Å²) in [5.74, 6) is 0.510. The SMILES string of the molecule is Cc1nc(C#N)c(C#N)n1CCN(Cc1ccccc1)S(C)(=O)=O. The van der Waals surface area contributed by atoms with Crippen molar-refractivity contribution in [3.8, 4) is 12.1 Å². The van der Waals surface area contributed by atoms with Crippen molar-refractivity contribution in [3.63, 3.8) is 0 Å². The highest BCUT2D eigenvalue weighted by Gasteiger charge is 2.20. The van der Waals surface area contributed by atoms with Gasteiger partial charge in [-0.1, -0.05) is 30.3 Å². The van der Waals surface area contributed by atoms with Crippen molar-refractivity contribution in [1.82, 2.24) is 13.9 Å². The number of hydrogen-bond donors (Lipinski definition) is 0. The molecule has 0 atom stereocenters. The van der Waals surface area contributed by atoms with Gasteiger partial charge in [-0.2, -0.15) is 14.8 Å². The van der Waals surface area contributed by atoms with Gasteiger partial charge in [-0.3, -0.25) is 0 Å². The van der Waals surface area contributed by atoms with Gasteiger partial charge in [0.15, 0.2) is 11.4 Å². The van der Waals surface area contributed by atoms with E-state index in [-0.39, 0.29) is 31.0 Å². The Hall–Kier alpha value is -2.68. The maximum absolute atomic E-state index is 12.0. The molecule has 0 radical (unpaired) electrons. The van der Waals surface area contributed by atoms with Gasteiger partial charge in [0.05, 0.1) is 6.26 Å². The third-order valence-corrected chi connectivity index (χ3v) is 4.86. The summed E-state index contributed by atoms with van der Waals surface area (Å²) in [5, 5.41) is 18.2. The van der Waals surface area contributed by atoms with E-state index in [1.807, 2.05) is 42.5 Å². The second kappa shape index (κ2) is 7.26. The van der Waals surface area contributed by atoms with E-state index < -0.39 is 10.0 Å². The fraction of sp³-hybridized carbons (Fsp3) is 0.312. The van der Waals surface area contributed by atoms with Gasteiger partial charge < -0.3 is 4.57 Å². The lowest BCUT2D eigenvalue weighted by Gasteiger charge is -2.20. The molecule has 1 aromatic carbocycles. The molecule has 1 heterocycles. The van der Waals surface area contributed by atoms with Crippen molar-refractivity contribution in [2.45, 2.75) is 20.0 Å². The maximum atomic E-state index is 12.0. The molecule has 24 heavy (non-hydrogen) atoms. The van der Waals surface area contributed by atoms with Gasteiger partial charge in [0, 0.05) is 19.6 Å². The highest BCUT2D eigenvalue weighted by atomic mass is 32.2. The highest BCUT2D eigenvalue weighted by Crippen LogP contribution is 2.13. The number of nitriles is 2. The molecular formula is C16H17N5O2S.